The van der Waals surface area contributed by atoms with Crippen molar-refractivity contribution in [3.05, 3.63) is 5.69 Å². The van der Waals surface area contributed by atoms with Crippen molar-refractivity contribution in [2.24, 2.45) is 0 Å². The zero-order valence-electron chi connectivity index (χ0n) is 5.35. The number of aliphatic carboxylic acids is 1. The number of hydrogen-bond donors (Lipinski definition) is 1. The maximum absolute atomic E-state index is 10.5. The molecule has 1 aliphatic heterocycles. The molecular weight excluding hydrogens is 184 g/mol. The van der Waals surface area contributed by atoms with Crippen LogP contribution in [0.15, 0.2) is 4.21 Å². The van der Waals surface area contributed by atoms with E-state index in [9.17, 15) is 4.79 Å². The maximum Gasteiger partial charge on any atom is 0.317 e. The van der Waals surface area contributed by atoms with Crippen LogP contribution in [0.1, 0.15) is 5.69 Å². The first kappa shape index (κ1) is 7.05. The zero-order chi connectivity index (χ0) is 7.84. The Labute approximate surface area is 70.8 Å². The molecule has 0 amide bonds. The van der Waals surface area contributed by atoms with Crippen LogP contribution < -0.4 is 0 Å². The van der Waals surface area contributed by atoms with E-state index in [1.165, 1.54) is 23.3 Å². The summed E-state index contributed by atoms with van der Waals surface area (Å²) in [6.07, 6.45) is 0.520. The van der Waals surface area contributed by atoms with Crippen LogP contribution in [0.4, 0.5) is 0 Å². The Morgan fingerprint density at radius 3 is 3.18 bits per heavy atom. The third-order valence-electron chi connectivity index (χ3n) is 1.42. The van der Waals surface area contributed by atoms with Crippen LogP contribution in [0.25, 0.3) is 0 Å². The second-order valence-electron chi connectivity index (χ2n) is 2.16. The molecule has 0 radical (unpaired) electrons. The topological polar surface area (TPSA) is 63.1 Å². The molecule has 0 aliphatic carbocycles. The maximum atomic E-state index is 10.5. The average Bonchev–Trinajstić information content (AvgIpc) is 2.40. The van der Waals surface area contributed by atoms with Crippen LogP contribution in [0.3, 0.4) is 0 Å². The minimum atomic E-state index is -0.764. The van der Waals surface area contributed by atoms with Crippen LogP contribution in [-0.2, 0) is 11.2 Å². The Balaban J connectivity index is 2.22. The summed E-state index contributed by atoms with van der Waals surface area (Å²) < 4.78 is 4.67. The first-order valence-corrected chi connectivity index (χ1v) is 4.63. The largest absolute Gasteiger partial charge is 0.480 e. The normalized spacial score (nSPS) is 21.6. The molecule has 2 rings (SSSR count). The fourth-order valence-corrected chi connectivity index (χ4v) is 2.82. The highest BCUT2D eigenvalue weighted by Crippen LogP contribution is 2.38. The summed E-state index contributed by atoms with van der Waals surface area (Å²) in [7, 11) is 0. The van der Waals surface area contributed by atoms with Gasteiger partial charge in [-0.05, 0) is 11.5 Å². The molecule has 0 saturated heterocycles. The fraction of sp³-hybridized carbons (Fsp3) is 0.400. The van der Waals surface area contributed by atoms with E-state index >= 15 is 0 Å². The van der Waals surface area contributed by atoms with Crippen molar-refractivity contribution in [3.8, 4) is 0 Å². The van der Waals surface area contributed by atoms with Gasteiger partial charge in [0, 0.05) is 6.42 Å². The zero-order valence-corrected chi connectivity index (χ0v) is 6.98. The third kappa shape index (κ3) is 1.12. The molecule has 1 aromatic rings. The van der Waals surface area contributed by atoms with E-state index < -0.39 is 5.97 Å². The molecule has 2 heterocycles. The van der Waals surface area contributed by atoms with Gasteiger partial charge in [0.05, 0.1) is 5.69 Å². The summed E-state index contributed by atoms with van der Waals surface area (Å²) in [6, 6.07) is 0. The highest BCUT2D eigenvalue weighted by atomic mass is 32.2. The molecule has 58 valence electrons. The van der Waals surface area contributed by atoms with Gasteiger partial charge in [-0.25, -0.2) is 0 Å². The van der Waals surface area contributed by atoms with Crippen molar-refractivity contribution in [1.82, 2.24) is 9.59 Å². The van der Waals surface area contributed by atoms with Gasteiger partial charge in [-0.1, -0.05) is 16.3 Å². The molecule has 0 spiro atoms. The number of carbonyl (C=O) groups is 1. The second kappa shape index (κ2) is 2.46. The number of rotatable bonds is 1. The lowest BCUT2D eigenvalue weighted by atomic mass is 10.2. The molecule has 1 unspecified atom stereocenters. The quantitative estimate of drug-likeness (QED) is 0.700. The van der Waals surface area contributed by atoms with Gasteiger partial charge in [0.2, 0.25) is 0 Å². The van der Waals surface area contributed by atoms with Crippen molar-refractivity contribution < 1.29 is 9.90 Å². The van der Waals surface area contributed by atoms with Gasteiger partial charge in [-0.3, -0.25) is 4.79 Å². The Morgan fingerprint density at radius 2 is 2.55 bits per heavy atom. The number of aromatic nitrogens is 2. The van der Waals surface area contributed by atoms with Gasteiger partial charge in [-0.15, -0.1) is 5.10 Å². The van der Waals surface area contributed by atoms with Crippen molar-refractivity contribution in [2.75, 3.05) is 0 Å². The minimum absolute atomic E-state index is 0.341. The van der Waals surface area contributed by atoms with Gasteiger partial charge >= 0.3 is 5.97 Å². The lowest BCUT2D eigenvalue weighted by Gasteiger charge is -1.97. The van der Waals surface area contributed by atoms with Gasteiger partial charge in [-0.2, -0.15) is 0 Å². The highest BCUT2D eigenvalue weighted by molar-refractivity contribution is 8.02. The number of fused-ring (bicyclic) bond motifs is 1. The van der Waals surface area contributed by atoms with E-state index in [1.807, 2.05) is 0 Å². The molecule has 0 fully saturated rings. The number of carboxylic acid groups (broad SMARTS) is 1. The SMILES string of the molecule is O=C(O)C1Cc2nnsc2S1. The predicted molar refractivity (Wildman–Crippen MR) is 40.9 cm³/mol. The smallest absolute Gasteiger partial charge is 0.317 e. The lowest BCUT2D eigenvalue weighted by molar-refractivity contribution is -0.136. The minimum Gasteiger partial charge on any atom is -0.480 e. The summed E-state index contributed by atoms with van der Waals surface area (Å²) in [5.74, 6) is -0.764. The standard InChI is InChI=1S/C5H4N2O2S2/c8-4(9)3-1-2-5(10-3)11-7-6-2/h3H,1H2,(H,8,9). The summed E-state index contributed by atoms with van der Waals surface area (Å²) in [5.41, 5.74) is 0.840. The average molecular weight is 188 g/mol. The van der Waals surface area contributed by atoms with Gasteiger partial charge in [0.15, 0.2) is 0 Å². The molecule has 1 atom stereocenters. The summed E-state index contributed by atoms with van der Waals surface area (Å²) in [4.78, 5) is 10.5. The molecule has 11 heavy (non-hydrogen) atoms. The molecule has 1 aromatic heterocycles. The third-order valence-corrected chi connectivity index (χ3v) is 3.60. The Kier molecular flexibility index (Phi) is 1.57. The summed E-state index contributed by atoms with van der Waals surface area (Å²) in [6.45, 7) is 0. The van der Waals surface area contributed by atoms with Gasteiger partial charge < -0.3 is 5.11 Å². The van der Waals surface area contributed by atoms with Crippen molar-refractivity contribution >= 4 is 29.3 Å². The summed E-state index contributed by atoms with van der Waals surface area (Å²) >= 11 is 2.62. The van der Waals surface area contributed by atoms with Crippen LogP contribution >= 0.6 is 23.3 Å². The Morgan fingerprint density at radius 1 is 1.73 bits per heavy atom. The van der Waals surface area contributed by atoms with E-state index in [-0.39, 0.29) is 5.25 Å². The van der Waals surface area contributed by atoms with Crippen molar-refractivity contribution in [3.63, 3.8) is 0 Å². The second-order valence-corrected chi connectivity index (χ2v) is 4.38. The van der Waals surface area contributed by atoms with Crippen LogP contribution in [-0.4, -0.2) is 25.9 Å². The van der Waals surface area contributed by atoms with E-state index in [1.54, 1.807) is 0 Å². The molecule has 6 heteroatoms. The van der Waals surface area contributed by atoms with E-state index in [0.29, 0.717) is 6.42 Å². The molecule has 4 nitrogen and oxygen atoms in total. The van der Waals surface area contributed by atoms with Crippen LogP contribution in [0.2, 0.25) is 0 Å². The van der Waals surface area contributed by atoms with Crippen LogP contribution in [0.5, 0.6) is 0 Å². The van der Waals surface area contributed by atoms with Crippen molar-refractivity contribution in [2.45, 2.75) is 15.9 Å². The van der Waals surface area contributed by atoms with Gasteiger partial charge in [0.1, 0.15) is 9.46 Å². The van der Waals surface area contributed by atoms with E-state index in [2.05, 4.69) is 9.59 Å². The van der Waals surface area contributed by atoms with E-state index in [4.69, 9.17) is 5.11 Å². The van der Waals surface area contributed by atoms with E-state index in [0.717, 1.165) is 9.90 Å². The molecule has 0 bridgehead atoms. The summed E-state index contributed by atoms with van der Waals surface area (Å²) in [5, 5.41) is 12.1. The number of hydrogen-bond acceptors (Lipinski definition) is 5. The molecular formula is C5H4N2O2S2. The highest BCUT2D eigenvalue weighted by Gasteiger charge is 2.30. The number of thioether (sulfide) groups is 1. The molecule has 0 saturated carbocycles. The first-order chi connectivity index (χ1) is 5.27. The van der Waals surface area contributed by atoms with Crippen LogP contribution in [0, 0.1) is 0 Å². The molecule has 1 aliphatic rings. The number of carboxylic acids is 1. The monoisotopic (exact) mass is 188 g/mol. The lowest BCUT2D eigenvalue weighted by Crippen LogP contribution is -2.14. The molecule has 1 N–H and O–H groups in total. The van der Waals surface area contributed by atoms with Gasteiger partial charge in [0.25, 0.3) is 0 Å². The Hall–Kier alpha value is -0.620. The van der Waals surface area contributed by atoms with Crippen molar-refractivity contribution in [1.29, 1.82) is 0 Å². The predicted octanol–water partition coefficient (Wildman–Crippen LogP) is 0.639. The number of nitrogens with zero attached hydrogens (tertiary/aromatic N) is 2. The first-order valence-electron chi connectivity index (χ1n) is 2.98. The Bertz CT molecular complexity index is 278. The fourth-order valence-electron chi connectivity index (χ4n) is 0.898. The molecule has 0 aromatic carbocycles.